The molecule has 0 heterocycles. The molecular weight excluding hydrogens is 219 g/mol. The maximum Gasteiger partial charge on any atom is 0.314 e. The Bertz CT molecular complexity index is 364. The Balaban J connectivity index is 1.82. The Morgan fingerprint density at radius 1 is 1.53 bits per heavy atom. The van der Waals surface area contributed by atoms with Crippen molar-refractivity contribution in [1.82, 2.24) is 0 Å². The monoisotopic (exact) mass is 228 g/mol. The molecule has 80 valence electrons. The number of alkyl halides is 2. The highest BCUT2D eigenvalue weighted by molar-refractivity contribution is 6.26. The Hall–Kier alpha value is -1.09. The molecular formula is C11H10ClFO2. The van der Waals surface area contributed by atoms with Gasteiger partial charge in [0.25, 0.3) is 0 Å². The van der Waals surface area contributed by atoms with Gasteiger partial charge in [0.15, 0.2) is 5.13 Å². The van der Waals surface area contributed by atoms with Gasteiger partial charge in [0, 0.05) is 6.42 Å². The van der Waals surface area contributed by atoms with Crippen molar-refractivity contribution in [2.24, 2.45) is 5.92 Å². The van der Waals surface area contributed by atoms with E-state index in [2.05, 4.69) is 0 Å². The zero-order valence-electron chi connectivity index (χ0n) is 7.95. The maximum absolute atomic E-state index is 12.9. The SMILES string of the molecule is O=C(OCc1ccccc1)C1CC1(F)Cl. The summed E-state index contributed by atoms with van der Waals surface area (Å²) in [6, 6.07) is 9.24. The fourth-order valence-corrected chi connectivity index (χ4v) is 1.54. The molecule has 0 amide bonds. The molecule has 0 aromatic heterocycles. The molecule has 1 aliphatic rings. The minimum absolute atomic E-state index is 0.0577. The van der Waals surface area contributed by atoms with E-state index in [9.17, 15) is 9.18 Å². The van der Waals surface area contributed by atoms with Gasteiger partial charge in [-0.2, -0.15) is 0 Å². The molecule has 2 nitrogen and oxygen atoms in total. The second-order valence-corrected chi connectivity index (χ2v) is 4.24. The van der Waals surface area contributed by atoms with Crippen molar-refractivity contribution < 1.29 is 13.9 Å². The highest BCUT2D eigenvalue weighted by atomic mass is 35.5. The molecule has 2 rings (SSSR count). The fourth-order valence-electron chi connectivity index (χ4n) is 1.30. The highest BCUT2D eigenvalue weighted by Crippen LogP contribution is 2.51. The lowest BCUT2D eigenvalue weighted by Crippen LogP contribution is -2.11. The quantitative estimate of drug-likeness (QED) is 0.587. The summed E-state index contributed by atoms with van der Waals surface area (Å²) in [5.74, 6) is -1.35. The van der Waals surface area contributed by atoms with Crippen molar-refractivity contribution in [1.29, 1.82) is 0 Å². The number of hydrogen-bond donors (Lipinski definition) is 0. The summed E-state index contributed by atoms with van der Waals surface area (Å²) in [4.78, 5) is 11.2. The van der Waals surface area contributed by atoms with Crippen molar-refractivity contribution in [3.05, 3.63) is 35.9 Å². The van der Waals surface area contributed by atoms with E-state index in [1.54, 1.807) is 0 Å². The number of carbonyl (C=O) groups is 1. The Morgan fingerprint density at radius 2 is 2.13 bits per heavy atom. The summed E-state index contributed by atoms with van der Waals surface area (Å²) < 4.78 is 17.8. The molecule has 0 bridgehead atoms. The Labute approximate surface area is 92.0 Å². The highest BCUT2D eigenvalue weighted by Gasteiger charge is 2.59. The molecule has 4 heteroatoms. The van der Waals surface area contributed by atoms with E-state index in [1.165, 1.54) is 0 Å². The van der Waals surface area contributed by atoms with Gasteiger partial charge in [-0.25, -0.2) is 4.39 Å². The zero-order valence-corrected chi connectivity index (χ0v) is 8.71. The summed E-state index contributed by atoms with van der Waals surface area (Å²) >= 11 is 5.32. The van der Waals surface area contributed by atoms with Crippen LogP contribution in [0.4, 0.5) is 4.39 Å². The topological polar surface area (TPSA) is 26.3 Å². The lowest BCUT2D eigenvalue weighted by molar-refractivity contribution is -0.147. The number of esters is 1. The van der Waals surface area contributed by atoms with Crippen LogP contribution < -0.4 is 0 Å². The van der Waals surface area contributed by atoms with Gasteiger partial charge in [-0.15, -0.1) is 0 Å². The third-order valence-electron chi connectivity index (χ3n) is 2.33. The van der Waals surface area contributed by atoms with E-state index >= 15 is 0 Å². The van der Waals surface area contributed by atoms with Gasteiger partial charge in [0.2, 0.25) is 0 Å². The molecule has 2 atom stereocenters. The number of hydrogen-bond acceptors (Lipinski definition) is 2. The van der Waals surface area contributed by atoms with Crippen LogP contribution in [0.15, 0.2) is 30.3 Å². The van der Waals surface area contributed by atoms with E-state index in [4.69, 9.17) is 16.3 Å². The van der Waals surface area contributed by atoms with Gasteiger partial charge < -0.3 is 4.74 Å². The fraction of sp³-hybridized carbons (Fsp3) is 0.364. The number of benzene rings is 1. The number of ether oxygens (including phenoxy) is 1. The van der Waals surface area contributed by atoms with Crippen LogP contribution in [0.2, 0.25) is 0 Å². The van der Waals surface area contributed by atoms with Crippen LogP contribution >= 0.6 is 11.6 Å². The molecule has 1 aromatic carbocycles. The summed E-state index contributed by atoms with van der Waals surface area (Å²) in [6.07, 6.45) is 0.0577. The average Bonchev–Trinajstić information content (AvgIpc) is 2.86. The molecule has 1 aromatic rings. The third kappa shape index (κ3) is 2.48. The predicted molar refractivity (Wildman–Crippen MR) is 54.0 cm³/mol. The molecule has 0 N–H and O–H groups in total. The Kier molecular flexibility index (Phi) is 2.65. The lowest BCUT2D eigenvalue weighted by Gasteiger charge is -2.03. The second kappa shape index (κ2) is 3.81. The normalized spacial score (nSPS) is 28.5. The van der Waals surface area contributed by atoms with Crippen LogP contribution in [0.5, 0.6) is 0 Å². The van der Waals surface area contributed by atoms with E-state index < -0.39 is 17.0 Å². The maximum atomic E-state index is 12.9. The third-order valence-corrected chi connectivity index (χ3v) is 2.75. The standard InChI is InChI=1S/C11H10ClFO2/c12-11(13)6-9(11)10(14)15-7-8-4-2-1-3-5-8/h1-5,9H,6-7H2. The molecule has 1 saturated carbocycles. The van der Waals surface area contributed by atoms with Crippen LogP contribution in [-0.2, 0) is 16.1 Å². The van der Waals surface area contributed by atoms with E-state index in [0.29, 0.717) is 0 Å². The summed E-state index contributed by atoms with van der Waals surface area (Å²) in [6.45, 7) is 0.170. The molecule has 0 spiro atoms. The van der Waals surface area contributed by atoms with E-state index in [-0.39, 0.29) is 13.0 Å². The first-order valence-corrected chi connectivity index (χ1v) is 5.06. The summed E-state index contributed by atoms with van der Waals surface area (Å²) in [5.41, 5.74) is 0.880. The minimum atomic E-state index is -1.87. The van der Waals surface area contributed by atoms with Gasteiger partial charge in [-0.3, -0.25) is 4.79 Å². The number of rotatable bonds is 3. The van der Waals surface area contributed by atoms with Crippen LogP contribution in [0, 0.1) is 5.92 Å². The van der Waals surface area contributed by atoms with Crippen LogP contribution in [-0.4, -0.2) is 11.1 Å². The Morgan fingerprint density at radius 3 is 2.67 bits per heavy atom. The van der Waals surface area contributed by atoms with Gasteiger partial charge in [-0.1, -0.05) is 41.9 Å². The first kappa shape index (κ1) is 10.4. The molecule has 2 unspecified atom stereocenters. The molecule has 15 heavy (non-hydrogen) atoms. The van der Waals surface area contributed by atoms with Gasteiger partial charge in [0.1, 0.15) is 12.5 Å². The van der Waals surface area contributed by atoms with Crippen molar-refractivity contribution in [2.75, 3.05) is 0 Å². The second-order valence-electron chi connectivity index (χ2n) is 3.61. The predicted octanol–water partition coefficient (Wildman–Crippen LogP) is 2.65. The molecule has 0 saturated heterocycles. The number of carbonyl (C=O) groups excluding carboxylic acids is 1. The van der Waals surface area contributed by atoms with Crippen LogP contribution in [0.25, 0.3) is 0 Å². The van der Waals surface area contributed by atoms with Gasteiger partial charge in [-0.05, 0) is 5.56 Å². The van der Waals surface area contributed by atoms with Crippen LogP contribution in [0.1, 0.15) is 12.0 Å². The molecule has 1 fully saturated rings. The van der Waals surface area contributed by atoms with Crippen molar-refractivity contribution >= 4 is 17.6 Å². The minimum Gasteiger partial charge on any atom is -0.460 e. The van der Waals surface area contributed by atoms with Crippen molar-refractivity contribution in [2.45, 2.75) is 18.2 Å². The smallest absolute Gasteiger partial charge is 0.314 e. The number of halogens is 2. The van der Waals surface area contributed by atoms with Crippen molar-refractivity contribution in [3.63, 3.8) is 0 Å². The summed E-state index contributed by atoms with van der Waals surface area (Å²) in [7, 11) is 0. The van der Waals surface area contributed by atoms with Crippen LogP contribution in [0.3, 0.4) is 0 Å². The van der Waals surface area contributed by atoms with Gasteiger partial charge in [0.05, 0.1) is 0 Å². The summed E-state index contributed by atoms with van der Waals surface area (Å²) in [5, 5.41) is -1.87. The van der Waals surface area contributed by atoms with Gasteiger partial charge >= 0.3 is 5.97 Å². The first-order chi connectivity index (χ1) is 7.09. The zero-order chi connectivity index (χ0) is 10.9. The largest absolute Gasteiger partial charge is 0.460 e. The average molecular weight is 229 g/mol. The molecule has 0 aliphatic heterocycles. The molecule has 0 radical (unpaired) electrons. The van der Waals surface area contributed by atoms with E-state index in [1.807, 2.05) is 30.3 Å². The van der Waals surface area contributed by atoms with Crippen molar-refractivity contribution in [3.8, 4) is 0 Å². The molecule has 1 aliphatic carbocycles. The van der Waals surface area contributed by atoms with E-state index in [0.717, 1.165) is 5.56 Å². The first-order valence-electron chi connectivity index (χ1n) is 4.68. The lowest BCUT2D eigenvalue weighted by atomic mass is 10.2.